The van der Waals surface area contributed by atoms with Crippen LogP contribution >= 0.6 is 0 Å². The molecule has 0 fully saturated rings. The Balaban J connectivity index is 1.57. The van der Waals surface area contributed by atoms with E-state index in [9.17, 15) is 14.7 Å². The van der Waals surface area contributed by atoms with Gasteiger partial charge in [-0.15, -0.1) is 0 Å². The van der Waals surface area contributed by atoms with E-state index in [0.717, 1.165) is 17.5 Å². The number of rotatable bonds is 11. The van der Waals surface area contributed by atoms with Crippen molar-refractivity contribution in [3.05, 3.63) is 65.2 Å². The summed E-state index contributed by atoms with van der Waals surface area (Å²) in [6.07, 6.45) is 1.53. The number of amidine groups is 1. The molecule has 0 saturated heterocycles. The molecule has 1 N–H and O–H groups in total. The van der Waals surface area contributed by atoms with Crippen LogP contribution in [0.4, 0.5) is 0 Å². The normalized spacial score (nSPS) is 16.4. The van der Waals surface area contributed by atoms with E-state index in [1.165, 1.54) is 19.4 Å². The SMILES string of the molecule is CCCN1C(=O)C(Cc2ccc(C)cc2)CN=C1COCc1ccc(OC(C)(C)C(=O)O)cc1. The summed E-state index contributed by atoms with van der Waals surface area (Å²) >= 11 is 0. The molecule has 2 aromatic rings. The molecule has 34 heavy (non-hydrogen) atoms. The van der Waals surface area contributed by atoms with E-state index in [0.29, 0.717) is 37.7 Å². The van der Waals surface area contributed by atoms with Gasteiger partial charge in [0, 0.05) is 6.54 Å². The number of amides is 1. The van der Waals surface area contributed by atoms with E-state index in [2.05, 4.69) is 31.2 Å². The molecule has 1 amide bonds. The van der Waals surface area contributed by atoms with Gasteiger partial charge in [-0.05, 0) is 56.9 Å². The van der Waals surface area contributed by atoms with Crippen molar-refractivity contribution in [2.24, 2.45) is 10.9 Å². The fourth-order valence-corrected chi connectivity index (χ4v) is 3.73. The van der Waals surface area contributed by atoms with Crippen LogP contribution in [0.3, 0.4) is 0 Å². The molecule has 1 aliphatic rings. The number of aryl methyl sites for hydroxylation is 1. The highest BCUT2D eigenvalue weighted by Crippen LogP contribution is 2.21. The topological polar surface area (TPSA) is 88.4 Å². The van der Waals surface area contributed by atoms with Gasteiger partial charge < -0.3 is 14.6 Å². The maximum absolute atomic E-state index is 13.2. The molecule has 2 aromatic carbocycles. The Kier molecular flexibility index (Phi) is 8.45. The second-order valence-corrected chi connectivity index (χ2v) is 9.19. The predicted octanol–water partition coefficient (Wildman–Crippen LogP) is 4.26. The highest BCUT2D eigenvalue weighted by atomic mass is 16.5. The number of carboxylic acids is 1. The number of hydrogen-bond donors (Lipinski definition) is 1. The zero-order valence-electron chi connectivity index (χ0n) is 20.4. The summed E-state index contributed by atoms with van der Waals surface area (Å²) in [6.45, 7) is 8.81. The molecule has 3 rings (SSSR count). The minimum absolute atomic E-state index is 0.110. The molecule has 0 radical (unpaired) electrons. The van der Waals surface area contributed by atoms with Crippen LogP contribution < -0.4 is 4.74 Å². The maximum Gasteiger partial charge on any atom is 0.347 e. The maximum atomic E-state index is 13.2. The van der Waals surface area contributed by atoms with Crippen molar-refractivity contribution in [3.63, 3.8) is 0 Å². The predicted molar refractivity (Wildman–Crippen MR) is 131 cm³/mol. The Morgan fingerprint density at radius 2 is 1.74 bits per heavy atom. The van der Waals surface area contributed by atoms with Gasteiger partial charge in [-0.3, -0.25) is 14.7 Å². The minimum atomic E-state index is -1.30. The number of carbonyl (C=O) groups is 2. The van der Waals surface area contributed by atoms with E-state index >= 15 is 0 Å². The largest absolute Gasteiger partial charge is 0.478 e. The Morgan fingerprint density at radius 3 is 2.35 bits per heavy atom. The van der Waals surface area contributed by atoms with Crippen molar-refractivity contribution in [2.75, 3.05) is 19.7 Å². The second kappa shape index (κ2) is 11.3. The van der Waals surface area contributed by atoms with E-state index in [1.807, 2.05) is 19.1 Å². The standard InChI is InChI=1S/C27H34N2O5/c1-5-14-29-24(28-16-22(25(29)30)15-20-8-6-19(2)7-9-20)18-33-17-21-10-12-23(13-11-21)34-27(3,4)26(31)32/h6-13,22H,5,14-18H2,1-4H3,(H,31,32). The highest BCUT2D eigenvalue weighted by molar-refractivity contribution is 6.01. The lowest BCUT2D eigenvalue weighted by Gasteiger charge is -2.32. The third kappa shape index (κ3) is 6.67. The smallest absolute Gasteiger partial charge is 0.347 e. The van der Waals surface area contributed by atoms with Crippen LogP contribution in [-0.2, 0) is 27.4 Å². The summed E-state index contributed by atoms with van der Waals surface area (Å²) in [7, 11) is 0. The summed E-state index contributed by atoms with van der Waals surface area (Å²) in [4.78, 5) is 30.9. The van der Waals surface area contributed by atoms with Crippen molar-refractivity contribution in [3.8, 4) is 5.75 Å². The van der Waals surface area contributed by atoms with Gasteiger partial charge in [0.25, 0.3) is 0 Å². The van der Waals surface area contributed by atoms with Crippen molar-refractivity contribution in [1.29, 1.82) is 0 Å². The molecule has 1 atom stereocenters. The second-order valence-electron chi connectivity index (χ2n) is 9.19. The van der Waals surface area contributed by atoms with Crippen molar-refractivity contribution < 1.29 is 24.2 Å². The zero-order valence-corrected chi connectivity index (χ0v) is 20.4. The average molecular weight is 467 g/mol. The van der Waals surface area contributed by atoms with E-state index in [4.69, 9.17) is 14.5 Å². The van der Waals surface area contributed by atoms with Gasteiger partial charge in [-0.2, -0.15) is 0 Å². The molecular weight excluding hydrogens is 432 g/mol. The molecule has 0 spiro atoms. The van der Waals surface area contributed by atoms with Gasteiger partial charge in [-0.1, -0.05) is 48.9 Å². The van der Waals surface area contributed by atoms with Crippen molar-refractivity contribution in [2.45, 2.75) is 52.7 Å². The molecule has 1 aliphatic heterocycles. The summed E-state index contributed by atoms with van der Waals surface area (Å²) in [5.41, 5.74) is 1.97. The molecule has 1 heterocycles. The van der Waals surface area contributed by atoms with E-state index < -0.39 is 11.6 Å². The quantitative estimate of drug-likeness (QED) is 0.535. The summed E-state index contributed by atoms with van der Waals surface area (Å²) < 4.78 is 11.4. The molecule has 7 nitrogen and oxygen atoms in total. The lowest BCUT2D eigenvalue weighted by molar-refractivity contribution is -0.152. The fraction of sp³-hybridized carbons (Fsp3) is 0.444. The van der Waals surface area contributed by atoms with Gasteiger partial charge >= 0.3 is 5.97 Å². The average Bonchev–Trinajstić information content (AvgIpc) is 2.80. The van der Waals surface area contributed by atoms with Crippen LogP contribution in [0.1, 0.15) is 43.9 Å². The minimum Gasteiger partial charge on any atom is -0.478 e. The molecule has 0 saturated carbocycles. The van der Waals surface area contributed by atoms with E-state index in [-0.39, 0.29) is 18.4 Å². The number of hydrogen-bond acceptors (Lipinski definition) is 5. The summed E-state index contributed by atoms with van der Waals surface area (Å²) in [6, 6.07) is 15.4. The molecule has 0 aromatic heterocycles. The zero-order chi connectivity index (χ0) is 24.7. The molecule has 0 aliphatic carbocycles. The molecular formula is C27H34N2O5. The van der Waals surface area contributed by atoms with Gasteiger partial charge in [0.05, 0.1) is 19.1 Å². The number of nitrogens with zero attached hydrogens (tertiary/aromatic N) is 2. The van der Waals surface area contributed by atoms with Gasteiger partial charge in [0.15, 0.2) is 5.60 Å². The van der Waals surface area contributed by atoms with Crippen LogP contribution in [0, 0.1) is 12.8 Å². The molecule has 1 unspecified atom stereocenters. The number of ether oxygens (including phenoxy) is 2. The third-order valence-electron chi connectivity index (χ3n) is 5.78. The van der Waals surface area contributed by atoms with E-state index in [1.54, 1.807) is 17.0 Å². The first-order valence-corrected chi connectivity index (χ1v) is 11.7. The van der Waals surface area contributed by atoms with Crippen LogP contribution in [0.15, 0.2) is 53.5 Å². The van der Waals surface area contributed by atoms with Crippen LogP contribution in [0.5, 0.6) is 5.75 Å². The molecule has 182 valence electrons. The van der Waals surface area contributed by atoms with Crippen LogP contribution in [0.25, 0.3) is 0 Å². The first-order chi connectivity index (χ1) is 16.2. The monoisotopic (exact) mass is 466 g/mol. The number of carbonyl (C=O) groups excluding carboxylic acids is 1. The summed E-state index contributed by atoms with van der Waals surface area (Å²) in [5.74, 6) is 0.0851. The Hall–Kier alpha value is -3.19. The number of benzene rings is 2. The number of carboxylic acid groups (broad SMARTS) is 1. The van der Waals surface area contributed by atoms with Gasteiger partial charge in [0.2, 0.25) is 5.91 Å². The molecule has 7 heteroatoms. The molecule has 0 bridgehead atoms. The third-order valence-corrected chi connectivity index (χ3v) is 5.78. The fourth-order valence-electron chi connectivity index (χ4n) is 3.73. The Bertz CT molecular complexity index is 1010. The first-order valence-electron chi connectivity index (χ1n) is 11.7. The first kappa shape index (κ1) is 25.4. The lowest BCUT2D eigenvalue weighted by Crippen LogP contribution is -2.48. The van der Waals surface area contributed by atoms with Crippen molar-refractivity contribution in [1.82, 2.24) is 4.90 Å². The number of aliphatic carboxylic acids is 1. The van der Waals surface area contributed by atoms with Gasteiger partial charge in [0.1, 0.15) is 18.2 Å². The van der Waals surface area contributed by atoms with Gasteiger partial charge in [-0.25, -0.2) is 4.79 Å². The van der Waals surface area contributed by atoms with Crippen LogP contribution in [-0.4, -0.2) is 53.0 Å². The summed E-state index contributed by atoms with van der Waals surface area (Å²) in [5, 5.41) is 9.19. The van der Waals surface area contributed by atoms with Crippen molar-refractivity contribution >= 4 is 17.7 Å². The highest BCUT2D eigenvalue weighted by Gasteiger charge is 2.31. The number of aliphatic imine (C=N–C) groups is 1. The van der Waals surface area contributed by atoms with Crippen LogP contribution in [0.2, 0.25) is 0 Å². The Morgan fingerprint density at radius 1 is 1.09 bits per heavy atom. The Labute approximate surface area is 201 Å². The lowest BCUT2D eigenvalue weighted by atomic mass is 9.96.